The van der Waals surface area contributed by atoms with Crippen LogP contribution in [0.15, 0.2) is 65.1 Å². The van der Waals surface area contributed by atoms with E-state index in [4.69, 9.17) is 26.3 Å². The summed E-state index contributed by atoms with van der Waals surface area (Å²) in [5.41, 5.74) is 5.64. The van der Waals surface area contributed by atoms with E-state index in [1.54, 1.807) is 11.5 Å². The van der Waals surface area contributed by atoms with E-state index in [1.807, 2.05) is 36.4 Å². The smallest absolute Gasteiger partial charge is 0.281 e. The molecule has 0 saturated carbocycles. The lowest BCUT2D eigenvalue weighted by atomic mass is 10.0. The molecule has 0 aliphatic carbocycles. The Bertz CT molecular complexity index is 1150. The Hall–Kier alpha value is -2.58. The van der Waals surface area contributed by atoms with Crippen LogP contribution in [0.2, 0.25) is 5.02 Å². The maximum Gasteiger partial charge on any atom is 0.281 e. The summed E-state index contributed by atoms with van der Waals surface area (Å²) in [6.07, 6.45) is 3.56. The molecule has 2 N–H and O–H groups in total. The molecule has 0 spiro atoms. The number of halogens is 2. The highest BCUT2D eigenvalue weighted by molar-refractivity contribution is 9.10. The molecule has 1 aliphatic heterocycles. The average molecular weight is 560 g/mol. The van der Waals surface area contributed by atoms with Crippen molar-refractivity contribution in [3.05, 3.63) is 81.3 Å². The molecule has 1 amide bonds. The Kier molecular flexibility index (Phi) is 9.04. The maximum absolute atomic E-state index is 11.6. The predicted octanol–water partition coefficient (Wildman–Crippen LogP) is 6.22. The van der Waals surface area contributed by atoms with Crippen LogP contribution in [0.4, 0.5) is 0 Å². The molecule has 8 heteroatoms. The summed E-state index contributed by atoms with van der Waals surface area (Å²) in [5.74, 6) is 0.342. The van der Waals surface area contributed by atoms with Gasteiger partial charge >= 0.3 is 0 Å². The van der Waals surface area contributed by atoms with Crippen LogP contribution in [0.1, 0.15) is 30.4 Å². The van der Waals surface area contributed by atoms with Crippen LogP contribution in [-0.2, 0) is 17.9 Å². The molecule has 6 nitrogen and oxygen atoms in total. The minimum atomic E-state index is -0.631. The Morgan fingerprint density at radius 3 is 2.49 bits per heavy atom. The Morgan fingerprint density at radius 1 is 0.971 bits per heavy atom. The fourth-order valence-corrected chi connectivity index (χ4v) is 5.01. The fraction of sp³-hybridized carbons (Fsp3) is 0.296. The third-order valence-electron chi connectivity index (χ3n) is 5.99. The lowest BCUT2D eigenvalue weighted by molar-refractivity contribution is -0.131. The third kappa shape index (κ3) is 6.76. The van der Waals surface area contributed by atoms with E-state index in [1.165, 1.54) is 6.42 Å². The van der Waals surface area contributed by atoms with Crippen LogP contribution < -0.4 is 15.0 Å². The first-order valence-corrected chi connectivity index (χ1v) is 12.8. The van der Waals surface area contributed by atoms with Crippen LogP contribution in [-0.4, -0.2) is 35.7 Å². The van der Waals surface area contributed by atoms with Crippen LogP contribution in [0.25, 0.3) is 11.1 Å². The van der Waals surface area contributed by atoms with Crippen molar-refractivity contribution in [3.8, 4) is 22.6 Å². The number of nitrogens with one attached hydrogen (secondary N) is 1. The first-order valence-electron chi connectivity index (χ1n) is 11.6. The molecule has 3 aromatic rings. The largest absolute Gasteiger partial charge is 0.487 e. The molecule has 4 rings (SSSR count). The number of carbonyl (C=O) groups is 1. The number of carbonyl (C=O) groups excluding carboxylic acids is 1. The van der Waals surface area contributed by atoms with Crippen LogP contribution in [0.5, 0.6) is 11.5 Å². The fourth-order valence-electron chi connectivity index (χ4n) is 4.17. The quantitative estimate of drug-likeness (QED) is 0.241. The Balaban J connectivity index is 1.54. The van der Waals surface area contributed by atoms with Gasteiger partial charge in [-0.25, -0.2) is 5.48 Å². The lowest BCUT2D eigenvalue weighted by Gasteiger charge is -2.27. The zero-order valence-electron chi connectivity index (χ0n) is 19.3. The molecule has 35 heavy (non-hydrogen) atoms. The molecular weight excluding hydrogens is 532 g/mol. The average Bonchev–Trinajstić information content (AvgIpc) is 2.89. The maximum atomic E-state index is 11.6. The van der Waals surface area contributed by atoms with Crippen LogP contribution in [0, 0.1) is 0 Å². The SMILES string of the molecule is O=C(COc1cc(OCc2cccc(-c3ccccc3)c2Br)c(Cl)cc1CN1CCCCC1)NO. The van der Waals surface area contributed by atoms with E-state index in [2.05, 4.69) is 39.0 Å². The number of hydroxylamine groups is 1. The first-order chi connectivity index (χ1) is 17.0. The van der Waals surface area contributed by atoms with E-state index in [0.29, 0.717) is 29.7 Å². The highest BCUT2D eigenvalue weighted by atomic mass is 79.9. The molecule has 1 saturated heterocycles. The molecule has 0 radical (unpaired) electrons. The summed E-state index contributed by atoms with van der Waals surface area (Å²) in [6, 6.07) is 19.8. The van der Waals surface area contributed by atoms with Crippen molar-refractivity contribution < 1.29 is 19.5 Å². The first kappa shape index (κ1) is 25.5. The molecule has 0 aromatic heterocycles. The van der Waals surface area contributed by atoms with Gasteiger partial charge in [-0.05, 0) is 59.1 Å². The van der Waals surface area contributed by atoms with Crippen molar-refractivity contribution >= 4 is 33.4 Å². The van der Waals surface area contributed by atoms with Crippen molar-refractivity contribution in [3.63, 3.8) is 0 Å². The normalized spacial score (nSPS) is 13.9. The molecule has 0 unspecified atom stereocenters. The standard InChI is InChI=1S/C27H28BrClN2O4/c28-27-20(10-7-11-22(27)19-8-3-1-4-9-19)17-34-25-15-24(35-18-26(32)30-33)21(14-23(25)29)16-31-12-5-2-6-13-31/h1,3-4,7-11,14-15,33H,2,5-6,12-13,16-18H2,(H,30,32). The van der Waals surface area contributed by atoms with Crippen LogP contribution in [0.3, 0.4) is 0 Å². The number of nitrogens with zero attached hydrogens (tertiary/aromatic N) is 1. The summed E-state index contributed by atoms with van der Waals surface area (Å²) >= 11 is 10.3. The van der Waals surface area contributed by atoms with Gasteiger partial charge in [0.1, 0.15) is 18.1 Å². The monoisotopic (exact) mass is 558 g/mol. The van der Waals surface area contributed by atoms with E-state index < -0.39 is 5.91 Å². The number of ether oxygens (including phenoxy) is 2. The van der Waals surface area contributed by atoms with Gasteiger partial charge in [0.05, 0.1) is 5.02 Å². The summed E-state index contributed by atoms with van der Waals surface area (Å²) in [4.78, 5) is 13.9. The number of rotatable bonds is 9. The highest BCUT2D eigenvalue weighted by Gasteiger charge is 2.18. The van der Waals surface area contributed by atoms with Crippen molar-refractivity contribution in [2.45, 2.75) is 32.4 Å². The van der Waals surface area contributed by atoms with Gasteiger partial charge in [0, 0.05) is 28.2 Å². The number of hydrogen-bond acceptors (Lipinski definition) is 5. The van der Waals surface area contributed by atoms with Gasteiger partial charge in [-0.1, -0.05) is 66.6 Å². The second kappa shape index (κ2) is 12.4. The predicted molar refractivity (Wildman–Crippen MR) is 140 cm³/mol. The minimum Gasteiger partial charge on any atom is -0.487 e. The van der Waals surface area contributed by atoms with E-state index in [0.717, 1.165) is 52.7 Å². The molecule has 1 fully saturated rings. The molecule has 184 valence electrons. The van der Waals surface area contributed by atoms with Gasteiger partial charge in [0.25, 0.3) is 5.91 Å². The van der Waals surface area contributed by atoms with Gasteiger partial charge < -0.3 is 9.47 Å². The number of benzene rings is 3. The summed E-state index contributed by atoms with van der Waals surface area (Å²) < 4.78 is 12.8. The summed E-state index contributed by atoms with van der Waals surface area (Å²) in [5, 5.41) is 9.32. The van der Waals surface area contributed by atoms with E-state index >= 15 is 0 Å². The lowest BCUT2D eigenvalue weighted by Crippen LogP contribution is -2.30. The van der Waals surface area contributed by atoms with Gasteiger partial charge in [-0.15, -0.1) is 0 Å². The minimum absolute atomic E-state index is 0.295. The van der Waals surface area contributed by atoms with E-state index in [9.17, 15) is 4.79 Å². The van der Waals surface area contributed by atoms with Crippen LogP contribution >= 0.6 is 27.5 Å². The summed E-state index contributed by atoms with van der Waals surface area (Å²) in [6.45, 7) is 2.68. The molecule has 0 bridgehead atoms. The Labute approximate surface area is 218 Å². The third-order valence-corrected chi connectivity index (χ3v) is 7.22. The van der Waals surface area contributed by atoms with Crippen molar-refractivity contribution in [2.24, 2.45) is 0 Å². The number of piperidine rings is 1. The van der Waals surface area contributed by atoms with Gasteiger partial charge in [0.15, 0.2) is 6.61 Å². The molecule has 1 heterocycles. The van der Waals surface area contributed by atoms with Crippen molar-refractivity contribution in [1.82, 2.24) is 10.4 Å². The zero-order valence-corrected chi connectivity index (χ0v) is 21.6. The zero-order chi connectivity index (χ0) is 24.6. The number of amides is 1. The van der Waals surface area contributed by atoms with Crippen molar-refractivity contribution in [1.29, 1.82) is 0 Å². The summed E-state index contributed by atoms with van der Waals surface area (Å²) in [7, 11) is 0. The van der Waals surface area contributed by atoms with Gasteiger partial charge in [-0.3, -0.25) is 14.9 Å². The molecule has 1 aliphatic rings. The highest BCUT2D eigenvalue weighted by Crippen LogP contribution is 2.36. The second-order valence-electron chi connectivity index (χ2n) is 8.48. The Morgan fingerprint density at radius 2 is 1.74 bits per heavy atom. The van der Waals surface area contributed by atoms with Crippen molar-refractivity contribution in [2.75, 3.05) is 19.7 Å². The topological polar surface area (TPSA) is 71.0 Å². The van der Waals surface area contributed by atoms with E-state index in [-0.39, 0.29) is 6.61 Å². The molecule has 0 atom stereocenters. The number of likely N-dealkylation sites (tertiary alicyclic amines) is 1. The molecule has 3 aromatic carbocycles. The molecular formula is C27H28BrClN2O4. The second-order valence-corrected chi connectivity index (χ2v) is 9.68. The number of hydrogen-bond donors (Lipinski definition) is 2. The van der Waals surface area contributed by atoms with Gasteiger partial charge in [-0.2, -0.15) is 0 Å². The van der Waals surface area contributed by atoms with Gasteiger partial charge in [0.2, 0.25) is 0 Å².